The second-order valence-corrected chi connectivity index (χ2v) is 6.30. The van der Waals surface area contributed by atoms with Gasteiger partial charge < -0.3 is 10.1 Å². The minimum atomic E-state index is -0.858. The molecule has 1 N–H and O–H groups in total. The van der Waals surface area contributed by atoms with Crippen molar-refractivity contribution in [2.45, 2.75) is 13.8 Å². The van der Waals surface area contributed by atoms with Gasteiger partial charge in [0.2, 0.25) is 5.91 Å². The van der Waals surface area contributed by atoms with Crippen molar-refractivity contribution in [3.8, 4) is 11.8 Å². The summed E-state index contributed by atoms with van der Waals surface area (Å²) >= 11 is 0. The summed E-state index contributed by atoms with van der Waals surface area (Å²) in [4.78, 5) is 34.8. The van der Waals surface area contributed by atoms with E-state index >= 15 is 0 Å². The first-order valence-corrected chi connectivity index (χ1v) is 8.50. The number of carbonyl (C=O) groups is 3. The molecule has 0 heterocycles. The van der Waals surface area contributed by atoms with Crippen molar-refractivity contribution < 1.29 is 19.1 Å². The summed E-state index contributed by atoms with van der Waals surface area (Å²) in [5.41, 5.74) is 2.76. The molecule has 0 saturated carbocycles. The van der Waals surface area contributed by atoms with Crippen LogP contribution in [0.3, 0.4) is 0 Å². The molecule has 27 heavy (non-hydrogen) atoms. The van der Waals surface area contributed by atoms with Gasteiger partial charge in [0.25, 0.3) is 0 Å². The van der Waals surface area contributed by atoms with E-state index in [9.17, 15) is 14.4 Å². The number of methoxy groups -OCH3 is 1. The number of benzene rings is 2. The highest BCUT2D eigenvalue weighted by Crippen LogP contribution is 2.17. The topological polar surface area (TPSA) is 72.5 Å². The lowest BCUT2D eigenvalue weighted by molar-refractivity contribution is -0.150. The third kappa shape index (κ3) is 5.55. The van der Waals surface area contributed by atoms with E-state index in [-0.39, 0.29) is 5.92 Å². The van der Waals surface area contributed by atoms with Gasteiger partial charge in [-0.2, -0.15) is 0 Å². The molecule has 1 atom stereocenters. The molecule has 0 aromatic heterocycles. The quantitative estimate of drug-likeness (QED) is 0.383. The Hall–Kier alpha value is -3.39. The lowest BCUT2D eigenvalue weighted by atomic mass is 9.95. The number of carbonyl (C=O) groups excluding carboxylic acids is 3. The number of aldehydes is 1. The van der Waals surface area contributed by atoms with Crippen LogP contribution in [0.15, 0.2) is 48.5 Å². The maximum Gasteiger partial charge on any atom is 0.318 e. The lowest BCUT2D eigenvalue weighted by Gasteiger charge is -2.17. The molecule has 0 radical (unpaired) electrons. The van der Waals surface area contributed by atoms with Gasteiger partial charge in [-0.25, -0.2) is 0 Å². The fourth-order valence-electron chi connectivity index (χ4n) is 2.46. The van der Waals surface area contributed by atoms with E-state index in [1.807, 2.05) is 0 Å². The lowest BCUT2D eigenvalue weighted by Crippen LogP contribution is -2.34. The normalized spacial score (nSPS) is 11.1. The molecule has 0 aliphatic carbocycles. The second kappa shape index (κ2) is 9.35. The molecule has 2 rings (SSSR count). The summed E-state index contributed by atoms with van der Waals surface area (Å²) in [6.45, 7) is 3.59. The molecule has 0 aliphatic heterocycles. The Morgan fingerprint density at radius 1 is 0.963 bits per heavy atom. The van der Waals surface area contributed by atoms with Gasteiger partial charge in [-0.1, -0.05) is 37.8 Å². The number of ether oxygens (including phenoxy) is 1. The first kappa shape index (κ1) is 19.9. The minimum absolute atomic E-state index is 0.173. The molecule has 1 unspecified atom stereocenters. The number of nitrogens with one attached hydrogen (secondary N) is 1. The summed E-state index contributed by atoms with van der Waals surface area (Å²) in [6.07, 6.45) is 0.786. The van der Waals surface area contributed by atoms with E-state index in [1.165, 1.54) is 7.11 Å². The van der Waals surface area contributed by atoms with E-state index in [2.05, 4.69) is 17.2 Å². The SMILES string of the molecule is COC(=O)C(C(=O)Nc1ccc(C#Cc2ccc(C=O)cc2)cc1)C(C)C. The molecule has 0 spiro atoms. The van der Waals surface area contributed by atoms with Crippen LogP contribution in [0.1, 0.15) is 35.3 Å². The van der Waals surface area contributed by atoms with Crippen LogP contribution < -0.4 is 5.32 Å². The minimum Gasteiger partial charge on any atom is -0.468 e. The Morgan fingerprint density at radius 3 is 1.93 bits per heavy atom. The first-order valence-electron chi connectivity index (χ1n) is 8.50. The van der Waals surface area contributed by atoms with Gasteiger partial charge in [-0.15, -0.1) is 0 Å². The van der Waals surface area contributed by atoms with E-state index in [0.29, 0.717) is 11.3 Å². The Morgan fingerprint density at radius 2 is 1.48 bits per heavy atom. The average molecular weight is 363 g/mol. The standard InChI is InChI=1S/C22H21NO4/c1-15(2)20(22(26)27-3)21(25)23-19-12-10-17(11-13-19)5-4-16-6-8-18(14-24)9-7-16/h6-15,20H,1-3H3,(H,23,25). The third-order valence-corrected chi connectivity index (χ3v) is 3.95. The third-order valence-electron chi connectivity index (χ3n) is 3.95. The predicted octanol–water partition coefficient (Wildman–Crippen LogP) is 3.28. The van der Waals surface area contributed by atoms with Crippen LogP contribution in [0.5, 0.6) is 0 Å². The van der Waals surface area contributed by atoms with Crippen molar-refractivity contribution >= 4 is 23.9 Å². The number of hydrogen-bond donors (Lipinski definition) is 1. The van der Waals surface area contributed by atoms with Gasteiger partial charge in [-0.05, 0) is 42.3 Å². The fourth-order valence-corrected chi connectivity index (χ4v) is 2.46. The zero-order chi connectivity index (χ0) is 19.8. The van der Waals surface area contributed by atoms with Crippen molar-refractivity contribution in [1.82, 2.24) is 0 Å². The summed E-state index contributed by atoms with van der Waals surface area (Å²) in [6, 6.07) is 14.0. The van der Waals surface area contributed by atoms with E-state index in [1.54, 1.807) is 62.4 Å². The van der Waals surface area contributed by atoms with Crippen LogP contribution in [0, 0.1) is 23.7 Å². The highest BCUT2D eigenvalue weighted by atomic mass is 16.5. The Balaban J connectivity index is 2.06. The predicted molar refractivity (Wildman–Crippen MR) is 103 cm³/mol. The molecule has 0 saturated heterocycles. The Bertz CT molecular complexity index is 871. The molecule has 1 amide bonds. The molecule has 0 aliphatic rings. The van der Waals surface area contributed by atoms with Crippen LogP contribution in [0.25, 0.3) is 0 Å². The monoisotopic (exact) mass is 363 g/mol. The summed E-state index contributed by atoms with van der Waals surface area (Å²) in [5.74, 6) is 4.06. The zero-order valence-electron chi connectivity index (χ0n) is 15.5. The average Bonchev–Trinajstić information content (AvgIpc) is 2.67. The van der Waals surface area contributed by atoms with Gasteiger partial charge in [0.05, 0.1) is 7.11 Å². The fraction of sp³-hybridized carbons (Fsp3) is 0.227. The molecule has 5 heteroatoms. The Kier molecular flexibility index (Phi) is 6.90. The van der Waals surface area contributed by atoms with E-state index in [4.69, 9.17) is 4.74 Å². The van der Waals surface area contributed by atoms with Crippen LogP contribution in [-0.4, -0.2) is 25.3 Å². The van der Waals surface area contributed by atoms with E-state index < -0.39 is 17.8 Å². The molecule has 2 aromatic rings. The number of esters is 1. The van der Waals surface area contributed by atoms with Gasteiger partial charge in [0, 0.05) is 22.4 Å². The van der Waals surface area contributed by atoms with Gasteiger partial charge in [0.1, 0.15) is 12.2 Å². The maximum absolute atomic E-state index is 12.3. The van der Waals surface area contributed by atoms with E-state index in [0.717, 1.165) is 17.4 Å². The van der Waals surface area contributed by atoms with Gasteiger partial charge in [-0.3, -0.25) is 14.4 Å². The van der Waals surface area contributed by atoms with Crippen molar-refractivity contribution in [3.05, 3.63) is 65.2 Å². The first-order chi connectivity index (χ1) is 12.9. The number of amides is 1. The smallest absolute Gasteiger partial charge is 0.318 e. The molecular weight excluding hydrogens is 342 g/mol. The van der Waals surface area contributed by atoms with Crippen molar-refractivity contribution in [2.75, 3.05) is 12.4 Å². The van der Waals surface area contributed by atoms with Gasteiger partial charge >= 0.3 is 5.97 Å². The molecule has 138 valence electrons. The van der Waals surface area contributed by atoms with Gasteiger partial charge in [0.15, 0.2) is 0 Å². The zero-order valence-corrected chi connectivity index (χ0v) is 15.5. The largest absolute Gasteiger partial charge is 0.468 e. The molecule has 5 nitrogen and oxygen atoms in total. The summed E-state index contributed by atoms with van der Waals surface area (Å²) < 4.78 is 4.70. The van der Waals surface area contributed by atoms with Crippen molar-refractivity contribution in [1.29, 1.82) is 0 Å². The van der Waals surface area contributed by atoms with Crippen LogP contribution in [0.4, 0.5) is 5.69 Å². The van der Waals surface area contributed by atoms with Crippen LogP contribution in [-0.2, 0) is 14.3 Å². The molecule has 0 fully saturated rings. The molecule has 0 bridgehead atoms. The van der Waals surface area contributed by atoms with Crippen molar-refractivity contribution in [3.63, 3.8) is 0 Å². The summed E-state index contributed by atoms with van der Waals surface area (Å²) in [7, 11) is 1.27. The maximum atomic E-state index is 12.3. The number of hydrogen-bond acceptors (Lipinski definition) is 4. The molecular formula is C22H21NO4. The second-order valence-electron chi connectivity index (χ2n) is 6.30. The highest BCUT2D eigenvalue weighted by Gasteiger charge is 2.30. The Labute approximate surface area is 158 Å². The van der Waals surface area contributed by atoms with Crippen molar-refractivity contribution in [2.24, 2.45) is 11.8 Å². The summed E-state index contributed by atoms with van der Waals surface area (Å²) in [5, 5.41) is 2.73. The number of anilines is 1. The highest BCUT2D eigenvalue weighted by molar-refractivity contribution is 6.04. The van der Waals surface area contributed by atoms with Crippen LogP contribution >= 0.6 is 0 Å². The number of rotatable bonds is 5. The molecule has 2 aromatic carbocycles. The van der Waals surface area contributed by atoms with Crippen LogP contribution in [0.2, 0.25) is 0 Å².